The highest BCUT2D eigenvalue weighted by Crippen LogP contribution is 2.28. The Morgan fingerprint density at radius 3 is 2.71 bits per heavy atom. The molecule has 170 valence electrons. The third-order valence-corrected chi connectivity index (χ3v) is 7.09. The van der Waals surface area contributed by atoms with Crippen LogP contribution in [-0.4, -0.2) is 41.4 Å². The first kappa shape index (κ1) is 22.4. The molecule has 9 heteroatoms. The summed E-state index contributed by atoms with van der Waals surface area (Å²) in [5.74, 6) is 0.851. The summed E-state index contributed by atoms with van der Waals surface area (Å²) in [6, 6.07) is 19.7. The monoisotopic (exact) mass is 487 g/mol. The van der Waals surface area contributed by atoms with Gasteiger partial charge in [0, 0.05) is 40.6 Å². The van der Waals surface area contributed by atoms with Crippen LogP contribution >= 0.6 is 22.9 Å². The second-order valence-electron chi connectivity index (χ2n) is 8.11. The molecule has 2 aromatic carbocycles. The van der Waals surface area contributed by atoms with Gasteiger partial charge in [-0.2, -0.15) is 9.61 Å². The van der Waals surface area contributed by atoms with E-state index < -0.39 is 0 Å². The molecule has 2 N–H and O–H groups in total. The standard InChI is InChI=1S/C25H23BClN5OS/c26-18-15-30-32-23(14-20(31-24(18)32)17-8-2-3-9-19(17)27)28-11-5-6-12-29-25(33)22-13-16-7-1-4-10-21(16)34-22/h1-4,7-10,13-15,28H,5-6,11-12,26H2,(H,29,33). The molecule has 0 fully saturated rings. The van der Waals surface area contributed by atoms with Crippen LogP contribution in [0.3, 0.4) is 0 Å². The van der Waals surface area contributed by atoms with Crippen molar-refractivity contribution < 1.29 is 4.79 Å². The van der Waals surface area contributed by atoms with E-state index in [2.05, 4.69) is 15.7 Å². The van der Waals surface area contributed by atoms with Crippen LogP contribution in [0.5, 0.6) is 0 Å². The Hall–Kier alpha value is -3.36. The van der Waals surface area contributed by atoms with Crippen LogP contribution in [0.4, 0.5) is 5.82 Å². The molecule has 1 amide bonds. The van der Waals surface area contributed by atoms with E-state index in [4.69, 9.17) is 16.6 Å². The Kier molecular flexibility index (Phi) is 6.51. The van der Waals surface area contributed by atoms with Crippen molar-refractivity contribution in [3.63, 3.8) is 0 Å². The zero-order valence-electron chi connectivity index (χ0n) is 18.7. The number of anilines is 1. The third kappa shape index (κ3) is 4.65. The molecule has 0 saturated heterocycles. The van der Waals surface area contributed by atoms with Gasteiger partial charge < -0.3 is 10.6 Å². The van der Waals surface area contributed by atoms with Gasteiger partial charge in [-0.25, -0.2) is 4.98 Å². The van der Waals surface area contributed by atoms with Gasteiger partial charge in [-0.05, 0) is 41.9 Å². The molecule has 0 aliphatic heterocycles. The Morgan fingerprint density at radius 2 is 1.85 bits per heavy atom. The summed E-state index contributed by atoms with van der Waals surface area (Å²) < 4.78 is 2.95. The second-order valence-corrected chi connectivity index (χ2v) is 9.60. The van der Waals surface area contributed by atoms with Crippen molar-refractivity contribution >= 4 is 63.7 Å². The summed E-state index contributed by atoms with van der Waals surface area (Å²) in [5, 5.41) is 12.7. The third-order valence-electron chi connectivity index (χ3n) is 5.64. The molecule has 0 saturated carbocycles. The van der Waals surface area contributed by atoms with Gasteiger partial charge in [-0.15, -0.1) is 11.3 Å². The minimum Gasteiger partial charge on any atom is -0.370 e. The van der Waals surface area contributed by atoms with Gasteiger partial charge in [-0.1, -0.05) is 48.0 Å². The van der Waals surface area contributed by atoms with Gasteiger partial charge in [0.2, 0.25) is 0 Å². The number of benzene rings is 2. The summed E-state index contributed by atoms with van der Waals surface area (Å²) in [4.78, 5) is 18.0. The molecule has 0 radical (unpaired) electrons. The van der Waals surface area contributed by atoms with Gasteiger partial charge in [0.15, 0.2) is 5.65 Å². The highest BCUT2D eigenvalue weighted by molar-refractivity contribution is 7.20. The van der Waals surface area contributed by atoms with E-state index in [9.17, 15) is 4.79 Å². The van der Waals surface area contributed by atoms with Crippen molar-refractivity contribution in [3.05, 3.63) is 76.8 Å². The lowest BCUT2D eigenvalue weighted by atomic mass is 10.0. The molecule has 0 bridgehead atoms. The fourth-order valence-corrected chi connectivity index (χ4v) is 5.07. The molecule has 6 nitrogen and oxygen atoms in total. The van der Waals surface area contributed by atoms with Crippen molar-refractivity contribution in [2.45, 2.75) is 12.8 Å². The van der Waals surface area contributed by atoms with Gasteiger partial charge in [0.1, 0.15) is 13.7 Å². The van der Waals surface area contributed by atoms with Crippen molar-refractivity contribution in [2.24, 2.45) is 0 Å². The molecule has 34 heavy (non-hydrogen) atoms. The van der Waals surface area contributed by atoms with Crippen LogP contribution in [0.1, 0.15) is 22.5 Å². The van der Waals surface area contributed by atoms with E-state index in [-0.39, 0.29) is 5.91 Å². The number of nitrogens with zero attached hydrogens (tertiary/aromatic N) is 3. The molecular weight excluding hydrogens is 465 g/mol. The number of carbonyl (C=O) groups excluding carboxylic acids is 1. The molecule has 3 heterocycles. The predicted octanol–water partition coefficient (Wildman–Crippen LogP) is 4.14. The number of hydrogen-bond acceptors (Lipinski definition) is 5. The number of rotatable bonds is 8. The highest BCUT2D eigenvalue weighted by Gasteiger charge is 2.13. The van der Waals surface area contributed by atoms with Crippen LogP contribution < -0.4 is 16.1 Å². The topological polar surface area (TPSA) is 71.3 Å². The lowest BCUT2D eigenvalue weighted by molar-refractivity contribution is 0.0957. The van der Waals surface area contributed by atoms with Gasteiger partial charge in [0.25, 0.3) is 5.91 Å². The quantitative estimate of drug-likeness (QED) is 0.255. The summed E-state index contributed by atoms with van der Waals surface area (Å²) in [6.07, 6.45) is 3.58. The molecule has 0 unspecified atom stereocenters. The molecule has 3 aromatic heterocycles. The van der Waals surface area contributed by atoms with Gasteiger partial charge in [-0.3, -0.25) is 4.79 Å². The van der Waals surface area contributed by atoms with Crippen molar-refractivity contribution in [1.29, 1.82) is 0 Å². The summed E-state index contributed by atoms with van der Waals surface area (Å²) in [5.41, 5.74) is 3.50. The average molecular weight is 488 g/mol. The van der Waals surface area contributed by atoms with E-state index in [1.165, 1.54) is 11.3 Å². The van der Waals surface area contributed by atoms with Crippen molar-refractivity contribution in [2.75, 3.05) is 18.4 Å². The summed E-state index contributed by atoms with van der Waals surface area (Å²) in [7, 11) is 1.99. The van der Waals surface area contributed by atoms with Crippen LogP contribution in [0.2, 0.25) is 5.02 Å². The Labute approximate surface area is 207 Å². The molecule has 0 aliphatic rings. The number of nitrogens with one attached hydrogen (secondary N) is 2. The fraction of sp³-hybridized carbons (Fsp3) is 0.160. The maximum Gasteiger partial charge on any atom is 0.261 e. The lowest BCUT2D eigenvalue weighted by Crippen LogP contribution is -2.24. The summed E-state index contributed by atoms with van der Waals surface area (Å²) in [6.45, 7) is 1.38. The highest BCUT2D eigenvalue weighted by atomic mass is 35.5. The molecule has 5 aromatic rings. The van der Waals surface area contributed by atoms with Crippen molar-refractivity contribution in [1.82, 2.24) is 19.9 Å². The number of carbonyl (C=O) groups is 1. The Morgan fingerprint density at radius 1 is 1.06 bits per heavy atom. The zero-order chi connectivity index (χ0) is 23.5. The van der Waals surface area contributed by atoms with E-state index in [0.29, 0.717) is 11.6 Å². The smallest absolute Gasteiger partial charge is 0.261 e. The van der Waals surface area contributed by atoms with E-state index >= 15 is 0 Å². The normalized spacial score (nSPS) is 11.2. The number of halogens is 1. The van der Waals surface area contributed by atoms with E-state index in [1.54, 1.807) is 0 Å². The molecule has 0 spiro atoms. The van der Waals surface area contributed by atoms with Crippen LogP contribution in [0, 0.1) is 0 Å². The van der Waals surface area contributed by atoms with Crippen LogP contribution in [-0.2, 0) is 0 Å². The number of unbranched alkanes of at least 4 members (excludes halogenated alkanes) is 1. The largest absolute Gasteiger partial charge is 0.370 e. The number of amides is 1. The number of hydrogen-bond donors (Lipinski definition) is 2. The minimum absolute atomic E-state index is 0.0126. The Bertz CT molecular complexity index is 1450. The lowest BCUT2D eigenvalue weighted by Gasteiger charge is -2.12. The minimum atomic E-state index is -0.0126. The maximum atomic E-state index is 12.5. The maximum absolute atomic E-state index is 12.5. The molecule has 0 atom stereocenters. The Balaban J connectivity index is 1.19. The average Bonchev–Trinajstić information content (AvgIpc) is 3.45. The molecular formula is C25H23BClN5OS. The number of fused-ring (bicyclic) bond motifs is 2. The first-order valence-corrected chi connectivity index (χ1v) is 12.4. The van der Waals surface area contributed by atoms with Gasteiger partial charge in [0.05, 0.1) is 10.6 Å². The van der Waals surface area contributed by atoms with Crippen LogP contribution in [0.15, 0.2) is 66.9 Å². The number of aromatic nitrogens is 3. The first-order valence-electron chi connectivity index (χ1n) is 11.2. The SMILES string of the molecule is Bc1cnn2c(NCCCCNC(=O)c3cc4ccccc4s3)cc(-c3ccccc3Cl)nc12. The predicted molar refractivity (Wildman–Crippen MR) is 143 cm³/mol. The number of thiophene rings is 1. The van der Waals surface area contributed by atoms with Gasteiger partial charge >= 0.3 is 0 Å². The molecule has 0 aliphatic carbocycles. The second kappa shape index (κ2) is 9.87. The van der Waals surface area contributed by atoms with E-state index in [0.717, 1.165) is 62.5 Å². The summed E-state index contributed by atoms with van der Waals surface area (Å²) >= 11 is 7.94. The fourth-order valence-electron chi connectivity index (χ4n) is 3.85. The molecule has 5 rings (SSSR count). The zero-order valence-corrected chi connectivity index (χ0v) is 20.3. The van der Waals surface area contributed by atoms with Crippen molar-refractivity contribution in [3.8, 4) is 11.3 Å². The van der Waals surface area contributed by atoms with E-state index in [1.807, 2.05) is 79.2 Å². The van der Waals surface area contributed by atoms with Crippen LogP contribution in [0.25, 0.3) is 27.0 Å². The first-order chi connectivity index (χ1) is 16.6.